The molecule has 0 aliphatic heterocycles. The van der Waals surface area contributed by atoms with Crippen LogP contribution in [-0.2, 0) is 13.1 Å². The fraction of sp³-hybridized carbons (Fsp3) is 0.727. The molecule has 0 amide bonds. The topological polar surface area (TPSA) is 28.2 Å². The van der Waals surface area contributed by atoms with Gasteiger partial charge in [-0.25, -0.2) is 4.98 Å². The smallest absolute Gasteiger partial charge is 0.107 e. The number of nitrogens with zero attached hydrogens (tertiary/aromatic N) is 2. The van der Waals surface area contributed by atoms with Crippen molar-refractivity contribution in [1.29, 1.82) is 0 Å². The van der Waals surface area contributed by atoms with Crippen molar-refractivity contribution in [1.82, 2.24) is 15.2 Å². The van der Waals surface area contributed by atoms with Gasteiger partial charge in [-0.05, 0) is 27.1 Å². The van der Waals surface area contributed by atoms with E-state index in [4.69, 9.17) is 0 Å². The monoisotopic (exact) mass is 227 g/mol. The van der Waals surface area contributed by atoms with Crippen LogP contribution in [0, 0.1) is 0 Å². The zero-order chi connectivity index (χ0) is 11.1. The summed E-state index contributed by atoms with van der Waals surface area (Å²) >= 11 is 1.80. The van der Waals surface area contributed by atoms with E-state index in [1.165, 1.54) is 22.7 Å². The lowest BCUT2D eigenvalue weighted by Crippen LogP contribution is -2.13. The van der Waals surface area contributed by atoms with Gasteiger partial charge < -0.3 is 10.2 Å². The van der Waals surface area contributed by atoms with Crippen LogP contribution in [0.5, 0.6) is 0 Å². The molecule has 0 fully saturated rings. The van der Waals surface area contributed by atoms with E-state index >= 15 is 0 Å². The van der Waals surface area contributed by atoms with Crippen molar-refractivity contribution in [3.8, 4) is 0 Å². The molecule has 15 heavy (non-hydrogen) atoms. The second-order valence-electron chi connectivity index (χ2n) is 3.99. The average molecular weight is 227 g/mol. The molecule has 1 rings (SSSR count). The Kier molecular flexibility index (Phi) is 5.83. The molecule has 4 heteroatoms. The van der Waals surface area contributed by atoms with Gasteiger partial charge in [0.05, 0.1) is 0 Å². The van der Waals surface area contributed by atoms with Crippen LogP contribution < -0.4 is 5.32 Å². The molecular weight excluding hydrogens is 206 g/mol. The maximum Gasteiger partial charge on any atom is 0.107 e. The molecule has 0 saturated heterocycles. The number of hydrogen-bond donors (Lipinski definition) is 1. The highest BCUT2D eigenvalue weighted by Crippen LogP contribution is 2.13. The lowest BCUT2D eigenvalue weighted by Gasteiger charge is -2.05. The summed E-state index contributed by atoms with van der Waals surface area (Å²) in [5.41, 5.74) is 0. The molecule has 0 unspecified atom stereocenters. The zero-order valence-electron chi connectivity index (χ0n) is 9.92. The van der Waals surface area contributed by atoms with E-state index in [1.54, 1.807) is 11.3 Å². The van der Waals surface area contributed by atoms with Crippen molar-refractivity contribution in [3.05, 3.63) is 16.1 Å². The Morgan fingerprint density at radius 3 is 2.93 bits per heavy atom. The number of aromatic nitrogens is 1. The van der Waals surface area contributed by atoms with Crippen molar-refractivity contribution in [2.75, 3.05) is 20.6 Å². The summed E-state index contributed by atoms with van der Waals surface area (Å²) in [6.45, 7) is 5.23. The van der Waals surface area contributed by atoms with Gasteiger partial charge in [0, 0.05) is 24.2 Å². The predicted molar refractivity (Wildman–Crippen MR) is 66.1 cm³/mol. The van der Waals surface area contributed by atoms with Crippen molar-refractivity contribution in [2.24, 2.45) is 0 Å². The highest BCUT2D eigenvalue weighted by atomic mass is 32.1. The molecule has 0 bridgehead atoms. The van der Waals surface area contributed by atoms with Gasteiger partial charge in [-0.3, -0.25) is 0 Å². The number of thiazole rings is 1. The second kappa shape index (κ2) is 6.93. The van der Waals surface area contributed by atoms with Crippen molar-refractivity contribution in [3.63, 3.8) is 0 Å². The summed E-state index contributed by atoms with van der Waals surface area (Å²) in [5.74, 6) is 0. The van der Waals surface area contributed by atoms with E-state index in [0.717, 1.165) is 19.6 Å². The van der Waals surface area contributed by atoms with Crippen LogP contribution in [0.25, 0.3) is 0 Å². The fourth-order valence-corrected chi connectivity index (χ4v) is 2.30. The Balaban J connectivity index is 2.26. The molecule has 0 saturated carbocycles. The summed E-state index contributed by atoms with van der Waals surface area (Å²) in [6.07, 6.45) is 4.49. The third-order valence-electron chi connectivity index (χ3n) is 2.06. The van der Waals surface area contributed by atoms with E-state index in [9.17, 15) is 0 Å². The van der Waals surface area contributed by atoms with E-state index in [2.05, 4.69) is 36.2 Å². The van der Waals surface area contributed by atoms with Gasteiger partial charge in [0.1, 0.15) is 5.01 Å². The van der Waals surface area contributed by atoms with E-state index < -0.39 is 0 Å². The molecule has 1 heterocycles. The lowest BCUT2D eigenvalue weighted by molar-refractivity contribution is 0.401. The quantitative estimate of drug-likeness (QED) is 0.723. The Morgan fingerprint density at radius 1 is 1.47 bits per heavy atom. The molecule has 0 atom stereocenters. The van der Waals surface area contributed by atoms with Crippen molar-refractivity contribution < 1.29 is 0 Å². The first-order chi connectivity index (χ1) is 7.22. The number of rotatable bonds is 7. The Hall–Kier alpha value is -0.450. The summed E-state index contributed by atoms with van der Waals surface area (Å²) in [5, 5.41) is 4.63. The van der Waals surface area contributed by atoms with Crippen LogP contribution in [-0.4, -0.2) is 30.5 Å². The van der Waals surface area contributed by atoms with Crippen LogP contribution in [0.2, 0.25) is 0 Å². The largest absolute Gasteiger partial charge is 0.312 e. The molecular formula is C11H21N3S. The summed E-state index contributed by atoms with van der Waals surface area (Å²) < 4.78 is 0. The van der Waals surface area contributed by atoms with Crippen LogP contribution in [0.1, 0.15) is 29.7 Å². The van der Waals surface area contributed by atoms with Gasteiger partial charge in [0.15, 0.2) is 0 Å². The minimum atomic E-state index is 0.944. The summed E-state index contributed by atoms with van der Waals surface area (Å²) in [4.78, 5) is 7.87. The fourth-order valence-electron chi connectivity index (χ4n) is 1.29. The molecule has 3 nitrogen and oxygen atoms in total. The predicted octanol–water partition coefficient (Wildman–Crippen LogP) is 2.09. The van der Waals surface area contributed by atoms with E-state index in [1.807, 2.05) is 6.20 Å². The SMILES string of the molecule is CCCCNCc1cnc(CN(C)C)s1. The Labute approximate surface area is 96.5 Å². The first kappa shape index (κ1) is 12.6. The van der Waals surface area contributed by atoms with Crippen LogP contribution in [0.3, 0.4) is 0 Å². The Bertz CT molecular complexity index is 271. The zero-order valence-corrected chi connectivity index (χ0v) is 10.7. The molecule has 0 aliphatic rings. The molecule has 1 aromatic heterocycles. The highest BCUT2D eigenvalue weighted by Gasteiger charge is 2.02. The number of nitrogens with one attached hydrogen (secondary N) is 1. The van der Waals surface area contributed by atoms with Crippen molar-refractivity contribution >= 4 is 11.3 Å². The van der Waals surface area contributed by atoms with Gasteiger partial charge in [-0.15, -0.1) is 11.3 Å². The third kappa shape index (κ3) is 5.25. The Morgan fingerprint density at radius 2 is 2.27 bits per heavy atom. The average Bonchev–Trinajstić information content (AvgIpc) is 2.59. The van der Waals surface area contributed by atoms with Gasteiger partial charge >= 0.3 is 0 Å². The molecule has 0 aromatic carbocycles. The standard InChI is InChI=1S/C11H21N3S/c1-4-5-6-12-7-10-8-13-11(15-10)9-14(2)3/h8,12H,4-7,9H2,1-3H3. The third-order valence-corrected chi connectivity index (χ3v) is 3.04. The maximum absolute atomic E-state index is 4.39. The maximum atomic E-state index is 4.39. The number of unbranched alkanes of at least 4 members (excludes halogenated alkanes) is 1. The van der Waals surface area contributed by atoms with Crippen LogP contribution in [0.15, 0.2) is 6.20 Å². The summed E-state index contributed by atoms with van der Waals surface area (Å²) in [6, 6.07) is 0. The van der Waals surface area contributed by atoms with Crippen molar-refractivity contribution in [2.45, 2.75) is 32.9 Å². The van der Waals surface area contributed by atoms with Gasteiger partial charge in [0.25, 0.3) is 0 Å². The van der Waals surface area contributed by atoms with Crippen LogP contribution >= 0.6 is 11.3 Å². The lowest BCUT2D eigenvalue weighted by atomic mass is 10.3. The minimum absolute atomic E-state index is 0.944. The minimum Gasteiger partial charge on any atom is -0.312 e. The van der Waals surface area contributed by atoms with Gasteiger partial charge in [0.2, 0.25) is 0 Å². The molecule has 0 aliphatic carbocycles. The molecule has 86 valence electrons. The summed E-state index contributed by atoms with van der Waals surface area (Å²) in [7, 11) is 4.14. The first-order valence-corrected chi connectivity index (χ1v) is 6.33. The van der Waals surface area contributed by atoms with E-state index in [0.29, 0.717) is 0 Å². The second-order valence-corrected chi connectivity index (χ2v) is 5.19. The molecule has 1 aromatic rings. The highest BCUT2D eigenvalue weighted by molar-refractivity contribution is 7.11. The van der Waals surface area contributed by atoms with Gasteiger partial charge in [-0.2, -0.15) is 0 Å². The molecule has 0 radical (unpaired) electrons. The number of hydrogen-bond acceptors (Lipinski definition) is 4. The molecule has 1 N–H and O–H groups in total. The van der Waals surface area contributed by atoms with Gasteiger partial charge in [-0.1, -0.05) is 13.3 Å². The van der Waals surface area contributed by atoms with Crippen LogP contribution in [0.4, 0.5) is 0 Å². The first-order valence-electron chi connectivity index (χ1n) is 5.51. The molecule has 0 spiro atoms. The normalized spacial score (nSPS) is 11.2. The van der Waals surface area contributed by atoms with E-state index in [-0.39, 0.29) is 0 Å².